The number of halogens is 2. The van der Waals surface area contributed by atoms with Crippen molar-refractivity contribution in [1.82, 2.24) is 10.0 Å². The van der Waals surface area contributed by atoms with Gasteiger partial charge in [-0.05, 0) is 26.3 Å². The molecule has 5 nitrogen and oxygen atoms in total. The molecule has 8 heteroatoms. The summed E-state index contributed by atoms with van der Waals surface area (Å²) in [5, 5.41) is 1.97. The number of nitrogens with one attached hydrogen (secondary N) is 2. The molecule has 2 fully saturated rings. The van der Waals surface area contributed by atoms with Gasteiger partial charge in [0.25, 0.3) is 5.91 Å². The van der Waals surface area contributed by atoms with Crippen LogP contribution in [-0.4, -0.2) is 38.6 Å². The maximum absolute atomic E-state index is 12.5. The van der Waals surface area contributed by atoms with Gasteiger partial charge < -0.3 is 5.32 Å². The molecule has 2 aliphatic carbocycles. The fraction of sp³-hybridized carbons (Fsp3) is 0.889. The first-order valence-electron chi connectivity index (χ1n) is 5.36. The molecule has 0 saturated heterocycles. The van der Waals surface area contributed by atoms with Gasteiger partial charge in [0.1, 0.15) is 5.54 Å². The lowest BCUT2D eigenvalue weighted by molar-refractivity contribution is -0.123. The molecule has 2 rings (SSSR count). The van der Waals surface area contributed by atoms with E-state index in [0.29, 0.717) is 12.8 Å². The predicted molar refractivity (Wildman–Crippen MR) is 56.0 cm³/mol. The number of amides is 1. The summed E-state index contributed by atoms with van der Waals surface area (Å²) in [6.45, 7) is 0. The molecule has 2 aliphatic rings. The second-order valence-electron chi connectivity index (χ2n) is 4.54. The summed E-state index contributed by atoms with van der Waals surface area (Å²) in [6.07, 6.45) is -1.62. The van der Waals surface area contributed by atoms with Crippen molar-refractivity contribution in [3.05, 3.63) is 0 Å². The van der Waals surface area contributed by atoms with Gasteiger partial charge in [-0.2, -0.15) is 0 Å². The maximum atomic E-state index is 12.5. The molecule has 2 N–H and O–H groups in total. The van der Waals surface area contributed by atoms with Crippen LogP contribution in [0, 0.1) is 5.92 Å². The summed E-state index contributed by atoms with van der Waals surface area (Å²) >= 11 is 0. The minimum absolute atomic E-state index is 0.0345. The Kier molecular flexibility index (Phi) is 2.89. The number of hydrogen-bond acceptors (Lipinski definition) is 4. The highest BCUT2D eigenvalue weighted by Gasteiger charge is 2.64. The van der Waals surface area contributed by atoms with E-state index in [1.54, 1.807) is 0 Å². The molecule has 0 aromatic carbocycles. The van der Waals surface area contributed by atoms with Crippen LogP contribution in [0.5, 0.6) is 0 Å². The molecule has 0 spiro atoms. The molecule has 2 atom stereocenters. The van der Waals surface area contributed by atoms with E-state index in [1.807, 2.05) is 4.72 Å². The quantitative estimate of drug-likeness (QED) is 0.726. The second kappa shape index (κ2) is 3.88. The molecule has 2 saturated carbocycles. The zero-order valence-electron chi connectivity index (χ0n) is 9.24. The Balaban J connectivity index is 2.05. The molecular weight excluding hydrogens is 254 g/mol. The smallest absolute Gasteiger partial charge is 0.254 e. The van der Waals surface area contributed by atoms with E-state index in [0.717, 1.165) is 0 Å². The average Bonchev–Trinajstić information content (AvgIpc) is 3.10. The molecule has 0 aliphatic heterocycles. The highest BCUT2D eigenvalue weighted by atomic mass is 32.2. The normalized spacial score (nSPS) is 32.6. The largest absolute Gasteiger partial charge is 0.306 e. The van der Waals surface area contributed by atoms with E-state index in [4.69, 9.17) is 0 Å². The number of rotatable bonds is 5. The summed E-state index contributed by atoms with van der Waals surface area (Å²) in [5.41, 5.74) is -1.42. The monoisotopic (exact) mass is 268 g/mol. The molecule has 0 aromatic rings. The molecule has 1 amide bonds. The topological polar surface area (TPSA) is 75.3 Å². The highest BCUT2D eigenvalue weighted by Crippen LogP contribution is 2.47. The molecule has 0 radical (unpaired) electrons. The first kappa shape index (κ1) is 12.7. The van der Waals surface area contributed by atoms with Crippen molar-refractivity contribution in [2.75, 3.05) is 7.05 Å². The van der Waals surface area contributed by atoms with Crippen molar-refractivity contribution >= 4 is 15.9 Å². The van der Waals surface area contributed by atoms with Crippen molar-refractivity contribution in [3.63, 3.8) is 0 Å². The van der Waals surface area contributed by atoms with Crippen LogP contribution < -0.4 is 10.0 Å². The molecule has 98 valence electrons. The Morgan fingerprint density at radius 1 is 1.41 bits per heavy atom. The molecule has 0 aromatic heterocycles. The van der Waals surface area contributed by atoms with Crippen LogP contribution in [0.4, 0.5) is 8.78 Å². The van der Waals surface area contributed by atoms with Crippen LogP contribution in [-0.2, 0) is 14.8 Å². The Morgan fingerprint density at radius 2 is 2.00 bits per heavy atom. The van der Waals surface area contributed by atoms with E-state index in [-0.39, 0.29) is 6.42 Å². The van der Waals surface area contributed by atoms with Crippen LogP contribution in [0.25, 0.3) is 0 Å². The summed E-state index contributed by atoms with van der Waals surface area (Å²) in [5.74, 6) is -1.97. The minimum atomic E-state index is -3.67. The third-order valence-electron chi connectivity index (χ3n) is 3.37. The number of sulfonamides is 1. The van der Waals surface area contributed by atoms with E-state index in [2.05, 4.69) is 5.32 Å². The van der Waals surface area contributed by atoms with Crippen molar-refractivity contribution in [2.45, 2.75) is 36.5 Å². The highest BCUT2D eigenvalue weighted by molar-refractivity contribution is 7.90. The standard InChI is InChI=1S/C9H14F2N2O3S/c1-12-9(4-6(9)7(10)11)8(14)13-17(15,16)5-2-3-5/h5-7,12H,2-4H2,1H3,(H,13,14). The molecule has 0 bridgehead atoms. The second-order valence-corrected chi connectivity index (χ2v) is 6.50. The third kappa shape index (κ3) is 2.15. The van der Waals surface area contributed by atoms with E-state index >= 15 is 0 Å². The molecule has 17 heavy (non-hydrogen) atoms. The first-order chi connectivity index (χ1) is 7.83. The van der Waals surface area contributed by atoms with Gasteiger partial charge in [-0.3, -0.25) is 9.52 Å². The van der Waals surface area contributed by atoms with Crippen molar-refractivity contribution < 1.29 is 22.0 Å². The minimum Gasteiger partial charge on any atom is -0.306 e. The van der Waals surface area contributed by atoms with Crippen molar-refractivity contribution in [2.24, 2.45) is 5.92 Å². The summed E-state index contributed by atoms with van der Waals surface area (Å²) in [4.78, 5) is 11.7. The van der Waals surface area contributed by atoms with E-state index in [9.17, 15) is 22.0 Å². The first-order valence-corrected chi connectivity index (χ1v) is 6.91. The Bertz CT molecular complexity index is 436. The number of alkyl halides is 2. The van der Waals surface area contributed by atoms with Crippen molar-refractivity contribution in [3.8, 4) is 0 Å². The maximum Gasteiger partial charge on any atom is 0.254 e. The third-order valence-corrected chi connectivity index (χ3v) is 5.19. The van der Waals surface area contributed by atoms with Gasteiger partial charge in [-0.25, -0.2) is 17.2 Å². The van der Waals surface area contributed by atoms with Gasteiger partial charge in [0, 0.05) is 5.92 Å². The van der Waals surface area contributed by atoms with Gasteiger partial charge in [0.15, 0.2) is 0 Å². The Morgan fingerprint density at radius 3 is 2.35 bits per heavy atom. The number of carbonyl (C=O) groups is 1. The number of hydrogen-bond donors (Lipinski definition) is 2. The SMILES string of the molecule is CNC1(C(=O)NS(=O)(=O)C2CC2)CC1C(F)F. The fourth-order valence-electron chi connectivity index (χ4n) is 1.94. The van der Waals surface area contributed by atoms with Gasteiger partial charge in [0.2, 0.25) is 16.4 Å². The van der Waals surface area contributed by atoms with Gasteiger partial charge in [-0.15, -0.1) is 0 Å². The lowest BCUT2D eigenvalue weighted by Crippen LogP contribution is -2.49. The van der Waals surface area contributed by atoms with Crippen LogP contribution in [0.2, 0.25) is 0 Å². The van der Waals surface area contributed by atoms with Gasteiger partial charge >= 0.3 is 0 Å². The molecule has 2 unspecified atom stereocenters. The zero-order valence-corrected chi connectivity index (χ0v) is 10.1. The number of carbonyl (C=O) groups excluding carboxylic acids is 1. The molecule has 0 heterocycles. The van der Waals surface area contributed by atoms with Gasteiger partial charge in [0.05, 0.1) is 5.25 Å². The number of likely N-dealkylation sites (N-methyl/N-ethyl adjacent to an activating group) is 1. The fourth-order valence-corrected chi connectivity index (χ4v) is 3.30. The average molecular weight is 268 g/mol. The summed E-state index contributed by atoms with van der Waals surface area (Å²) < 4.78 is 49.9. The lowest BCUT2D eigenvalue weighted by atomic mass is 10.2. The van der Waals surface area contributed by atoms with E-state index < -0.39 is 39.1 Å². The Labute approximate surface area is 98.0 Å². The van der Waals surface area contributed by atoms with Crippen LogP contribution >= 0.6 is 0 Å². The molecular formula is C9H14F2N2O3S. The lowest BCUT2D eigenvalue weighted by Gasteiger charge is -2.16. The van der Waals surface area contributed by atoms with Crippen LogP contribution in [0.15, 0.2) is 0 Å². The van der Waals surface area contributed by atoms with Crippen LogP contribution in [0.1, 0.15) is 19.3 Å². The van der Waals surface area contributed by atoms with Gasteiger partial charge in [-0.1, -0.05) is 0 Å². The van der Waals surface area contributed by atoms with Crippen molar-refractivity contribution in [1.29, 1.82) is 0 Å². The summed E-state index contributed by atoms with van der Waals surface area (Å²) in [6, 6.07) is 0. The van der Waals surface area contributed by atoms with Crippen LogP contribution in [0.3, 0.4) is 0 Å². The predicted octanol–water partition coefficient (Wildman–Crippen LogP) is -0.162. The van der Waals surface area contributed by atoms with E-state index in [1.165, 1.54) is 7.05 Å². The summed E-state index contributed by atoms with van der Waals surface area (Å²) in [7, 11) is -2.29. The zero-order chi connectivity index (χ0) is 12.8. The Hall–Kier alpha value is -0.760.